The quantitative estimate of drug-likeness (QED) is 0.684. The number of aliphatic carboxylic acids is 1. The van der Waals surface area contributed by atoms with E-state index in [1.807, 2.05) is 6.92 Å². The first-order valence-electron chi connectivity index (χ1n) is 7.15. The normalized spacial score (nSPS) is 21.4. The monoisotopic (exact) mass is 270 g/mol. The molecule has 1 aliphatic carbocycles. The molecule has 0 aromatic rings. The van der Waals surface area contributed by atoms with E-state index in [1.165, 1.54) is 0 Å². The van der Waals surface area contributed by atoms with Gasteiger partial charge in [-0.2, -0.15) is 0 Å². The Kier molecular flexibility index (Phi) is 5.35. The van der Waals surface area contributed by atoms with Crippen LogP contribution in [0.2, 0.25) is 0 Å². The van der Waals surface area contributed by atoms with E-state index in [2.05, 4.69) is 5.32 Å². The Morgan fingerprint density at radius 2 is 1.89 bits per heavy atom. The number of carboxylic acid groups (broad SMARTS) is 1. The first-order valence-corrected chi connectivity index (χ1v) is 7.15. The summed E-state index contributed by atoms with van der Waals surface area (Å²) < 4.78 is 0. The molecule has 0 aliphatic heterocycles. The summed E-state index contributed by atoms with van der Waals surface area (Å²) in [5.74, 6) is -1.05. The molecule has 1 rings (SSSR count). The van der Waals surface area contributed by atoms with Crippen LogP contribution in [0.3, 0.4) is 0 Å². The number of rotatable bonds is 6. The number of amides is 1. The lowest BCUT2D eigenvalue weighted by Crippen LogP contribution is -2.54. The Bertz CT molecular complexity index is 334. The van der Waals surface area contributed by atoms with Gasteiger partial charge in [0, 0.05) is 6.54 Å². The van der Waals surface area contributed by atoms with Crippen molar-refractivity contribution in [3.63, 3.8) is 0 Å². The van der Waals surface area contributed by atoms with Gasteiger partial charge in [0.15, 0.2) is 0 Å². The molecular weight excluding hydrogens is 244 g/mol. The third-order valence-electron chi connectivity index (χ3n) is 4.14. The summed E-state index contributed by atoms with van der Waals surface area (Å²) in [4.78, 5) is 23.5. The minimum Gasteiger partial charge on any atom is -0.481 e. The Hall–Kier alpha value is -1.10. The van der Waals surface area contributed by atoms with Crippen molar-refractivity contribution in [1.82, 2.24) is 5.32 Å². The molecule has 1 aliphatic rings. The highest BCUT2D eigenvalue weighted by molar-refractivity contribution is 5.86. The van der Waals surface area contributed by atoms with Crippen molar-refractivity contribution >= 4 is 11.9 Å². The van der Waals surface area contributed by atoms with Gasteiger partial charge in [-0.1, -0.05) is 32.6 Å². The smallest absolute Gasteiger partial charge is 0.311 e. The fourth-order valence-corrected chi connectivity index (χ4v) is 2.78. The van der Waals surface area contributed by atoms with E-state index in [9.17, 15) is 14.7 Å². The van der Waals surface area contributed by atoms with Crippen LogP contribution in [0, 0.1) is 5.41 Å². The second-order valence-electron chi connectivity index (χ2n) is 6.00. The summed E-state index contributed by atoms with van der Waals surface area (Å²) in [6.45, 7) is 3.86. The Balaban J connectivity index is 2.62. The largest absolute Gasteiger partial charge is 0.481 e. The van der Waals surface area contributed by atoms with E-state index in [0.29, 0.717) is 19.3 Å². The lowest BCUT2D eigenvalue weighted by molar-refractivity contribution is -0.151. The van der Waals surface area contributed by atoms with Crippen molar-refractivity contribution < 1.29 is 14.7 Å². The van der Waals surface area contributed by atoms with E-state index in [-0.39, 0.29) is 12.5 Å². The summed E-state index contributed by atoms with van der Waals surface area (Å²) in [7, 11) is 0. The molecule has 1 saturated carbocycles. The molecular formula is C14H26N2O3. The molecule has 0 aromatic carbocycles. The summed E-state index contributed by atoms with van der Waals surface area (Å²) in [5.41, 5.74) is 4.24. The molecule has 0 bridgehead atoms. The molecule has 0 radical (unpaired) electrons. The summed E-state index contributed by atoms with van der Waals surface area (Å²) >= 11 is 0. The van der Waals surface area contributed by atoms with Crippen LogP contribution in [0.25, 0.3) is 0 Å². The van der Waals surface area contributed by atoms with E-state index in [4.69, 9.17) is 5.73 Å². The predicted molar refractivity (Wildman–Crippen MR) is 73.7 cm³/mol. The fourth-order valence-electron chi connectivity index (χ4n) is 2.78. The number of carbonyl (C=O) groups excluding carboxylic acids is 1. The van der Waals surface area contributed by atoms with Gasteiger partial charge in [0.1, 0.15) is 0 Å². The maximum absolute atomic E-state index is 12.0. The molecule has 110 valence electrons. The zero-order valence-electron chi connectivity index (χ0n) is 12.0. The molecule has 1 atom stereocenters. The lowest BCUT2D eigenvalue weighted by atomic mass is 9.74. The first-order chi connectivity index (χ1) is 8.84. The lowest BCUT2D eigenvalue weighted by Gasteiger charge is -2.34. The minimum absolute atomic E-state index is 0.192. The molecule has 0 aromatic heterocycles. The van der Waals surface area contributed by atoms with Gasteiger partial charge in [-0.15, -0.1) is 0 Å². The Morgan fingerprint density at radius 1 is 1.32 bits per heavy atom. The zero-order valence-corrected chi connectivity index (χ0v) is 12.0. The SMILES string of the molecule is CCCC(C)(N)C(=O)NCC1(C(=O)O)CCCCC1. The molecule has 1 fully saturated rings. The summed E-state index contributed by atoms with van der Waals surface area (Å²) in [5, 5.41) is 12.2. The highest BCUT2D eigenvalue weighted by Crippen LogP contribution is 2.36. The number of nitrogens with one attached hydrogen (secondary N) is 1. The molecule has 0 heterocycles. The number of hydrogen-bond acceptors (Lipinski definition) is 3. The minimum atomic E-state index is -0.914. The van der Waals surface area contributed by atoms with Crippen LogP contribution in [-0.2, 0) is 9.59 Å². The average molecular weight is 270 g/mol. The van der Waals surface area contributed by atoms with Gasteiger partial charge in [0.2, 0.25) is 5.91 Å². The van der Waals surface area contributed by atoms with Crippen LogP contribution in [0.1, 0.15) is 58.8 Å². The molecule has 19 heavy (non-hydrogen) atoms. The van der Waals surface area contributed by atoms with Gasteiger partial charge in [-0.05, 0) is 26.2 Å². The van der Waals surface area contributed by atoms with Crippen molar-refractivity contribution in [3.8, 4) is 0 Å². The van der Waals surface area contributed by atoms with Crippen LogP contribution in [-0.4, -0.2) is 29.1 Å². The fraction of sp³-hybridized carbons (Fsp3) is 0.857. The Labute approximate surface area is 114 Å². The number of carbonyl (C=O) groups is 2. The molecule has 0 spiro atoms. The topological polar surface area (TPSA) is 92.4 Å². The van der Waals surface area contributed by atoms with Gasteiger partial charge in [0.05, 0.1) is 11.0 Å². The number of carboxylic acids is 1. The van der Waals surface area contributed by atoms with Crippen LogP contribution >= 0.6 is 0 Å². The molecule has 4 N–H and O–H groups in total. The highest BCUT2D eigenvalue weighted by atomic mass is 16.4. The van der Waals surface area contributed by atoms with Crippen LogP contribution in [0.15, 0.2) is 0 Å². The molecule has 0 saturated heterocycles. The molecule has 1 unspecified atom stereocenters. The van der Waals surface area contributed by atoms with Crippen molar-refractivity contribution in [2.75, 3.05) is 6.54 Å². The van der Waals surface area contributed by atoms with E-state index in [0.717, 1.165) is 25.7 Å². The van der Waals surface area contributed by atoms with Crippen molar-refractivity contribution in [2.45, 2.75) is 64.3 Å². The second kappa shape index (κ2) is 6.37. The number of hydrogen-bond donors (Lipinski definition) is 3. The van der Waals surface area contributed by atoms with Gasteiger partial charge in [0.25, 0.3) is 0 Å². The first kappa shape index (κ1) is 16.0. The van der Waals surface area contributed by atoms with Crippen LogP contribution < -0.4 is 11.1 Å². The third-order valence-corrected chi connectivity index (χ3v) is 4.14. The maximum atomic E-state index is 12.0. The predicted octanol–water partition coefficient (Wildman–Crippen LogP) is 1.66. The standard InChI is InChI=1S/C14H26N2O3/c1-3-7-13(2,15)11(17)16-10-14(12(18)19)8-5-4-6-9-14/h3-10,15H2,1-2H3,(H,16,17)(H,18,19). The van der Waals surface area contributed by atoms with Gasteiger partial charge < -0.3 is 16.2 Å². The number of nitrogens with two attached hydrogens (primary N) is 1. The van der Waals surface area contributed by atoms with Crippen LogP contribution in [0.4, 0.5) is 0 Å². The summed E-state index contributed by atoms with van der Waals surface area (Å²) in [6.07, 6.45) is 5.60. The van der Waals surface area contributed by atoms with Gasteiger partial charge >= 0.3 is 5.97 Å². The summed E-state index contributed by atoms with van der Waals surface area (Å²) in [6, 6.07) is 0. The van der Waals surface area contributed by atoms with E-state index >= 15 is 0 Å². The zero-order chi connectivity index (χ0) is 14.5. The second-order valence-corrected chi connectivity index (χ2v) is 6.00. The molecule has 5 nitrogen and oxygen atoms in total. The average Bonchev–Trinajstić information content (AvgIpc) is 2.36. The van der Waals surface area contributed by atoms with E-state index in [1.54, 1.807) is 6.92 Å². The van der Waals surface area contributed by atoms with Crippen molar-refractivity contribution in [1.29, 1.82) is 0 Å². The molecule has 1 amide bonds. The van der Waals surface area contributed by atoms with Gasteiger partial charge in [-0.3, -0.25) is 9.59 Å². The molecule has 5 heteroatoms. The van der Waals surface area contributed by atoms with Crippen molar-refractivity contribution in [3.05, 3.63) is 0 Å². The van der Waals surface area contributed by atoms with Crippen molar-refractivity contribution in [2.24, 2.45) is 11.1 Å². The third kappa shape index (κ3) is 3.93. The van der Waals surface area contributed by atoms with Gasteiger partial charge in [-0.25, -0.2) is 0 Å². The Morgan fingerprint density at radius 3 is 2.37 bits per heavy atom. The highest BCUT2D eigenvalue weighted by Gasteiger charge is 2.40. The van der Waals surface area contributed by atoms with Crippen LogP contribution in [0.5, 0.6) is 0 Å². The maximum Gasteiger partial charge on any atom is 0.311 e. The van der Waals surface area contributed by atoms with E-state index < -0.39 is 16.9 Å².